The fourth-order valence-electron chi connectivity index (χ4n) is 1.68. The van der Waals surface area contributed by atoms with E-state index in [9.17, 15) is 8.42 Å². The highest BCUT2D eigenvalue weighted by molar-refractivity contribution is 7.89. The normalized spacial score (nSPS) is 11.7. The Hall–Kier alpha value is -1.02. The number of rotatable bonds is 11. The van der Waals surface area contributed by atoms with Gasteiger partial charge in [-0.1, -0.05) is 19.4 Å². The van der Waals surface area contributed by atoms with Crippen LogP contribution in [0, 0.1) is 0 Å². The Morgan fingerprint density at radius 1 is 1.24 bits per heavy atom. The molecule has 0 aromatic carbocycles. The molecule has 1 aromatic heterocycles. The standard InChI is InChI=1S/C14H25N3O3S/c1-3-4-9-20-10-5-8-17-21(18,19)14-7-6-13(11-15-2)12-16-14/h6-7,12,15,17H,3-5,8-11H2,1-2H3. The molecule has 0 saturated carbocycles. The minimum absolute atomic E-state index is 0.0502. The van der Waals surface area contributed by atoms with E-state index in [1.807, 2.05) is 7.05 Å². The highest BCUT2D eigenvalue weighted by Gasteiger charge is 2.14. The minimum atomic E-state index is -3.53. The molecule has 1 aromatic rings. The summed E-state index contributed by atoms with van der Waals surface area (Å²) in [5.74, 6) is 0. The van der Waals surface area contributed by atoms with Gasteiger partial charge in [0.2, 0.25) is 0 Å². The van der Waals surface area contributed by atoms with Crippen molar-refractivity contribution in [3.05, 3.63) is 23.9 Å². The van der Waals surface area contributed by atoms with Crippen LogP contribution < -0.4 is 10.0 Å². The van der Waals surface area contributed by atoms with Crippen molar-refractivity contribution in [2.24, 2.45) is 0 Å². The van der Waals surface area contributed by atoms with Crippen LogP contribution in [0.25, 0.3) is 0 Å². The van der Waals surface area contributed by atoms with Crippen molar-refractivity contribution in [1.29, 1.82) is 0 Å². The molecule has 0 aliphatic heterocycles. The summed E-state index contributed by atoms with van der Waals surface area (Å²) in [5.41, 5.74) is 0.945. The summed E-state index contributed by atoms with van der Waals surface area (Å²) in [6.45, 7) is 4.42. The molecule has 1 rings (SSSR count). The third-order valence-electron chi connectivity index (χ3n) is 2.85. The van der Waals surface area contributed by atoms with Crippen molar-refractivity contribution in [3.8, 4) is 0 Å². The van der Waals surface area contributed by atoms with Gasteiger partial charge in [0.05, 0.1) is 0 Å². The van der Waals surface area contributed by atoms with E-state index in [1.54, 1.807) is 12.3 Å². The first-order valence-corrected chi connectivity index (χ1v) is 8.75. The summed E-state index contributed by atoms with van der Waals surface area (Å²) in [7, 11) is -1.70. The van der Waals surface area contributed by atoms with Gasteiger partial charge in [-0.25, -0.2) is 18.1 Å². The number of nitrogens with one attached hydrogen (secondary N) is 2. The maximum atomic E-state index is 12.0. The molecule has 0 radical (unpaired) electrons. The first-order valence-electron chi connectivity index (χ1n) is 7.27. The van der Waals surface area contributed by atoms with Gasteiger partial charge in [0, 0.05) is 32.5 Å². The summed E-state index contributed by atoms with van der Waals surface area (Å²) >= 11 is 0. The number of aromatic nitrogens is 1. The molecule has 0 aliphatic rings. The zero-order valence-corrected chi connectivity index (χ0v) is 13.6. The molecule has 1 heterocycles. The summed E-state index contributed by atoms with van der Waals surface area (Å²) in [6.07, 6.45) is 4.36. The fraction of sp³-hybridized carbons (Fsp3) is 0.643. The average Bonchev–Trinajstić information content (AvgIpc) is 2.47. The second kappa shape index (κ2) is 9.83. The van der Waals surface area contributed by atoms with E-state index in [0.29, 0.717) is 26.1 Å². The third kappa shape index (κ3) is 6.99. The molecule has 0 bridgehead atoms. The van der Waals surface area contributed by atoms with E-state index in [2.05, 4.69) is 21.9 Å². The lowest BCUT2D eigenvalue weighted by molar-refractivity contribution is 0.130. The van der Waals surface area contributed by atoms with Crippen LogP contribution in [0.2, 0.25) is 0 Å². The Labute approximate surface area is 127 Å². The molecule has 0 unspecified atom stereocenters. The van der Waals surface area contributed by atoms with Crippen molar-refractivity contribution in [2.45, 2.75) is 37.8 Å². The van der Waals surface area contributed by atoms with Crippen molar-refractivity contribution in [3.63, 3.8) is 0 Å². The van der Waals surface area contributed by atoms with Crippen molar-refractivity contribution < 1.29 is 13.2 Å². The number of sulfonamides is 1. The summed E-state index contributed by atoms with van der Waals surface area (Å²) < 4.78 is 31.9. The van der Waals surface area contributed by atoms with Crippen LogP contribution in [0.4, 0.5) is 0 Å². The largest absolute Gasteiger partial charge is 0.381 e. The molecule has 0 atom stereocenters. The third-order valence-corrected chi connectivity index (χ3v) is 4.23. The smallest absolute Gasteiger partial charge is 0.258 e. The molecule has 0 spiro atoms. The summed E-state index contributed by atoms with van der Waals surface area (Å²) in [4.78, 5) is 3.99. The van der Waals surface area contributed by atoms with Crippen molar-refractivity contribution in [1.82, 2.24) is 15.0 Å². The van der Waals surface area contributed by atoms with E-state index < -0.39 is 10.0 Å². The second-order valence-electron chi connectivity index (χ2n) is 4.75. The zero-order chi connectivity index (χ0) is 15.6. The van der Waals surface area contributed by atoms with E-state index in [0.717, 1.165) is 25.0 Å². The van der Waals surface area contributed by atoms with Gasteiger partial charge in [0.25, 0.3) is 10.0 Å². The molecule has 0 aliphatic carbocycles. The number of nitrogens with zero attached hydrogens (tertiary/aromatic N) is 1. The van der Waals surface area contributed by atoms with Crippen LogP contribution >= 0.6 is 0 Å². The zero-order valence-electron chi connectivity index (χ0n) is 12.8. The number of pyridine rings is 1. The maximum absolute atomic E-state index is 12.0. The Balaban J connectivity index is 2.35. The second-order valence-corrected chi connectivity index (χ2v) is 6.47. The fourth-order valence-corrected chi connectivity index (χ4v) is 2.68. The predicted octanol–water partition coefficient (Wildman–Crippen LogP) is 1.29. The monoisotopic (exact) mass is 315 g/mol. The molecule has 6 nitrogen and oxygen atoms in total. The quantitative estimate of drug-likeness (QED) is 0.601. The predicted molar refractivity (Wildman–Crippen MR) is 82.5 cm³/mol. The van der Waals surface area contributed by atoms with Gasteiger partial charge in [-0.3, -0.25) is 0 Å². The Morgan fingerprint density at radius 2 is 2.00 bits per heavy atom. The number of hydrogen-bond acceptors (Lipinski definition) is 5. The summed E-state index contributed by atoms with van der Waals surface area (Å²) in [5, 5.41) is 3.04. The lowest BCUT2D eigenvalue weighted by Gasteiger charge is -2.07. The van der Waals surface area contributed by atoms with Crippen LogP contribution in [0.1, 0.15) is 31.7 Å². The van der Waals surface area contributed by atoms with Gasteiger partial charge in [0.15, 0.2) is 5.03 Å². The molecule has 21 heavy (non-hydrogen) atoms. The Morgan fingerprint density at radius 3 is 2.62 bits per heavy atom. The summed E-state index contributed by atoms with van der Waals surface area (Å²) in [6, 6.07) is 3.28. The van der Waals surface area contributed by atoms with E-state index in [4.69, 9.17) is 4.74 Å². The average molecular weight is 315 g/mol. The minimum Gasteiger partial charge on any atom is -0.381 e. The van der Waals surface area contributed by atoms with Crippen molar-refractivity contribution >= 4 is 10.0 Å². The molecule has 0 fully saturated rings. The van der Waals surface area contributed by atoms with Crippen LogP contribution in [0.15, 0.2) is 23.4 Å². The van der Waals surface area contributed by atoms with Gasteiger partial charge in [-0.15, -0.1) is 0 Å². The van der Waals surface area contributed by atoms with Gasteiger partial charge in [0.1, 0.15) is 0 Å². The van der Waals surface area contributed by atoms with Crippen LogP contribution in [0.5, 0.6) is 0 Å². The SMILES string of the molecule is CCCCOCCCNS(=O)(=O)c1ccc(CNC)cn1. The van der Waals surface area contributed by atoms with Gasteiger partial charge < -0.3 is 10.1 Å². The lowest BCUT2D eigenvalue weighted by Crippen LogP contribution is -2.26. The highest BCUT2D eigenvalue weighted by Crippen LogP contribution is 2.06. The van der Waals surface area contributed by atoms with Crippen molar-refractivity contribution in [2.75, 3.05) is 26.8 Å². The van der Waals surface area contributed by atoms with Gasteiger partial charge in [-0.05, 0) is 31.5 Å². The van der Waals surface area contributed by atoms with E-state index >= 15 is 0 Å². The molecule has 120 valence electrons. The number of unbranched alkanes of at least 4 members (excludes halogenated alkanes) is 1. The van der Waals surface area contributed by atoms with Crippen LogP contribution in [-0.4, -0.2) is 40.2 Å². The number of hydrogen-bond donors (Lipinski definition) is 2. The molecular weight excluding hydrogens is 290 g/mol. The Bertz CT molecular complexity index is 489. The molecule has 0 amide bonds. The first-order chi connectivity index (χ1) is 10.1. The highest BCUT2D eigenvalue weighted by atomic mass is 32.2. The van der Waals surface area contributed by atoms with Crippen LogP contribution in [-0.2, 0) is 21.3 Å². The topological polar surface area (TPSA) is 80.3 Å². The van der Waals surface area contributed by atoms with Gasteiger partial charge in [-0.2, -0.15) is 0 Å². The number of ether oxygens (including phenoxy) is 1. The lowest BCUT2D eigenvalue weighted by atomic mass is 10.3. The first kappa shape index (κ1) is 18.0. The molecule has 7 heteroatoms. The maximum Gasteiger partial charge on any atom is 0.258 e. The molecular formula is C14H25N3O3S. The Kier molecular flexibility index (Phi) is 8.44. The van der Waals surface area contributed by atoms with Gasteiger partial charge >= 0.3 is 0 Å². The molecule has 0 saturated heterocycles. The molecule has 2 N–H and O–H groups in total. The van der Waals surface area contributed by atoms with E-state index in [1.165, 1.54) is 6.07 Å². The van der Waals surface area contributed by atoms with Crippen LogP contribution in [0.3, 0.4) is 0 Å². The van der Waals surface area contributed by atoms with E-state index in [-0.39, 0.29) is 5.03 Å².